The van der Waals surface area contributed by atoms with Crippen LogP contribution in [0.15, 0.2) is 17.8 Å². The molecule has 19 heavy (non-hydrogen) atoms. The van der Waals surface area contributed by atoms with Gasteiger partial charge in [0.1, 0.15) is 0 Å². The molecule has 2 atom stereocenters. The third-order valence-corrected chi connectivity index (χ3v) is 3.69. The summed E-state index contributed by atoms with van der Waals surface area (Å²) in [5, 5.41) is 15.7. The molecule has 0 radical (unpaired) electrons. The van der Waals surface area contributed by atoms with Crippen molar-refractivity contribution >= 4 is 11.8 Å². The SMILES string of the molecule is C=CCC1C(=NN2CCC[C@H]2COC)CN1C(=O)O. The molecule has 2 rings (SSSR count). The van der Waals surface area contributed by atoms with Gasteiger partial charge >= 0.3 is 6.09 Å². The molecule has 2 aliphatic rings. The van der Waals surface area contributed by atoms with Crippen LogP contribution in [0.1, 0.15) is 19.3 Å². The molecule has 2 fully saturated rings. The first-order chi connectivity index (χ1) is 9.17. The molecule has 2 heterocycles. The van der Waals surface area contributed by atoms with Gasteiger partial charge in [0, 0.05) is 13.7 Å². The minimum absolute atomic E-state index is 0.140. The van der Waals surface area contributed by atoms with E-state index in [1.165, 1.54) is 4.90 Å². The summed E-state index contributed by atoms with van der Waals surface area (Å²) in [6.07, 6.45) is 3.67. The maximum atomic E-state index is 11.0. The average Bonchev–Trinajstić information content (AvgIpc) is 2.78. The van der Waals surface area contributed by atoms with Crippen molar-refractivity contribution in [2.75, 3.05) is 26.8 Å². The fraction of sp³-hybridized carbons (Fsp3) is 0.692. The number of methoxy groups -OCH3 is 1. The molecule has 0 bridgehead atoms. The van der Waals surface area contributed by atoms with Crippen LogP contribution >= 0.6 is 0 Å². The fourth-order valence-electron chi connectivity index (χ4n) is 2.66. The lowest BCUT2D eigenvalue weighted by molar-refractivity contribution is 0.111. The van der Waals surface area contributed by atoms with Gasteiger partial charge in [-0.25, -0.2) is 4.79 Å². The zero-order chi connectivity index (χ0) is 13.8. The van der Waals surface area contributed by atoms with Gasteiger partial charge in [0.2, 0.25) is 0 Å². The number of hydrazone groups is 1. The van der Waals surface area contributed by atoms with Gasteiger partial charge in [-0.1, -0.05) is 6.08 Å². The van der Waals surface area contributed by atoms with Gasteiger partial charge in [-0.2, -0.15) is 5.10 Å². The molecule has 6 nitrogen and oxygen atoms in total. The van der Waals surface area contributed by atoms with Gasteiger partial charge in [-0.3, -0.25) is 9.91 Å². The Labute approximate surface area is 113 Å². The molecule has 0 aromatic carbocycles. The monoisotopic (exact) mass is 267 g/mol. The molecule has 1 unspecified atom stereocenters. The predicted octanol–water partition coefficient (Wildman–Crippen LogP) is 1.39. The largest absolute Gasteiger partial charge is 0.465 e. The van der Waals surface area contributed by atoms with E-state index in [0.29, 0.717) is 25.6 Å². The zero-order valence-electron chi connectivity index (χ0n) is 11.3. The van der Waals surface area contributed by atoms with E-state index in [1.807, 2.05) is 5.01 Å². The summed E-state index contributed by atoms with van der Waals surface area (Å²) in [7, 11) is 1.69. The summed E-state index contributed by atoms with van der Waals surface area (Å²) in [5.74, 6) is 0. The van der Waals surface area contributed by atoms with Crippen molar-refractivity contribution in [2.45, 2.75) is 31.3 Å². The number of carboxylic acid groups (broad SMARTS) is 1. The molecule has 2 saturated heterocycles. The van der Waals surface area contributed by atoms with E-state index in [1.54, 1.807) is 13.2 Å². The molecule has 106 valence electrons. The van der Waals surface area contributed by atoms with Gasteiger partial charge in [-0.15, -0.1) is 6.58 Å². The number of amides is 1. The fourth-order valence-corrected chi connectivity index (χ4v) is 2.66. The van der Waals surface area contributed by atoms with E-state index >= 15 is 0 Å². The minimum atomic E-state index is -0.888. The van der Waals surface area contributed by atoms with Gasteiger partial charge in [0.15, 0.2) is 0 Å². The second-order valence-electron chi connectivity index (χ2n) is 4.96. The van der Waals surface area contributed by atoms with Crippen LogP contribution in [0.3, 0.4) is 0 Å². The molecule has 0 saturated carbocycles. The Morgan fingerprint density at radius 2 is 2.47 bits per heavy atom. The molecule has 6 heteroatoms. The van der Waals surface area contributed by atoms with Gasteiger partial charge in [-0.05, 0) is 19.3 Å². The Morgan fingerprint density at radius 3 is 3.11 bits per heavy atom. The second-order valence-corrected chi connectivity index (χ2v) is 4.96. The Morgan fingerprint density at radius 1 is 1.68 bits per heavy atom. The van der Waals surface area contributed by atoms with E-state index in [0.717, 1.165) is 25.1 Å². The van der Waals surface area contributed by atoms with Crippen LogP contribution in [0, 0.1) is 0 Å². The Hall–Kier alpha value is -1.56. The lowest BCUT2D eigenvalue weighted by Crippen LogP contribution is -2.59. The first-order valence-electron chi connectivity index (χ1n) is 6.60. The van der Waals surface area contributed by atoms with E-state index in [2.05, 4.69) is 11.7 Å². The molecule has 0 spiro atoms. The lowest BCUT2D eigenvalue weighted by atomic mass is 9.98. The second kappa shape index (κ2) is 6.06. The summed E-state index contributed by atoms with van der Waals surface area (Å²) in [6.45, 7) is 5.68. The van der Waals surface area contributed by atoms with E-state index in [9.17, 15) is 4.79 Å². The highest BCUT2D eigenvalue weighted by atomic mass is 16.5. The van der Waals surface area contributed by atoms with Crippen LogP contribution < -0.4 is 0 Å². The van der Waals surface area contributed by atoms with Crippen molar-refractivity contribution in [2.24, 2.45) is 5.10 Å². The summed E-state index contributed by atoms with van der Waals surface area (Å²) < 4.78 is 5.19. The molecule has 2 aliphatic heterocycles. The quantitative estimate of drug-likeness (QED) is 0.764. The zero-order valence-corrected chi connectivity index (χ0v) is 11.3. The van der Waals surface area contributed by atoms with Crippen molar-refractivity contribution < 1.29 is 14.6 Å². The molecule has 0 aliphatic carbocycles. The standard InChI is InChI=1S/C13H21N3O3/c1-3-5-12-11(8-15(12)13(17)18)14-16-7-4-6-10(16)9-19-2/h3,10,12H,1,4-9H2,2H3,(H,17,18)/t10-,12?/m0/s1. The number of nitrogens with zero attached hydrogens (tertiary/aromatic N) is 3. The summed E-state index contributed by atoms with van der Waals surface area (Å²) in [4.78, 5) is 12.4. The number of carbonyl (C=O) groups is 1. The van der Waals surface area contributed by atoms with Crippen molar-refractivity contribution in [3.05, 3.63) is 12.7 Å². The third-order valence-electron chi connectivity index (χ3n) is 3.69. The van der Waals surface area contributed by atoms with Crippen LogP contribution in [0.5, 0.6) is 0 Å². The van der Waals surface area contributed by atoms with Crippen molar-refractivity contribution in [1.82, 2.24) is 9.91 Å². The van der Waals surface area contributed by atoms with Crippen LogP contribution in [0.4, 0.5) is 4.79 Å². The minimum Gasteiger partial charge on any atom is -0.465 e. The highest BCUT2D eigenvalue weighted by Crippen LogP contribution is 2.23. The summed E-state index contributed by atoms with van der Waals surface area (Å²) in [6, 6.07) is 0.180. The smallest absolute Gasteiger partial charge is 0.408 e. The highest BCUT2D eigenvalue weighted by Gasteiger charge is 2.39. The number of rotatable bonds is 5. The molecule has 0 aromatic heterocycles. The highest BCUT2D eigenvalue weighted by molar-refractivity contribution is 6.01. The first-order valence-corrected chi connectivity index (χ1v) is 6.60. The Balaban J connectivity index is 2.02. The molecular formula is C13H21N3O3. The third kappa shape index (κ3) is 2.89. The summed E-state index contributed by atoms with van der Waals surface area (Å²) >= 11 is 0. The van der Waals surface area contributed by atoms with Crippen molar-refractivity contribution in [3.8, 4) is 0 Å². The lowest BCUT2D eigenvalue weighted by Gasteiger charge is -2.40. The van der Waals surface area contributed by atoms with Gasteiger partial charge < -0.3 is 9.84 Å². The number of likely N-dealkylation sites (tertiary alicyclic amines) is 1. The topological polar surface area (TPSA) is 65.4 Å². The van der Waals surface area contributed by atoms with Crippen molar-refractivity contribution in [1.29, 1.82) is 0 Å². The first kappa shape index (κ1) is 13.9. The number of ether oxygens (including phenoxy) is 1. The number of hydrogen-bond acceptors (Lipinski definition) is 4. The van der Waals surface area contributed by atoms with Crippen LogP contribution in [0.25, 0.3) is 0 Å². The van der Waals surface area contributed by atoms with Crippen LogP contribution in [-0.4, -0.2) is 65.7 Å². The van der Waals surface area contributed by atoms with Gasteiger partial charge in [0.25, 0.3) is 0 Å². The van der Waals surface area contributed by atoms with Gasteiger partial charge in [0.05, 0.1) is 30.9 Å². The molecule has 1 N–H and O–H groups in total. The van der Waals surface area contributed by atoms with E-state index in [-0.39, 0.29) is 6.04 Å². The molecule has 0 aromatic rings. The summed E-state index contributed by atoms with van der Waals surface area (Å²) in [5.41, 5.74) is 0.935. The predicted molar refractivity (Wildman–Crippen MR) is 72.4 cm³/mol. The van der Waals surface area contributed by atoms with E-state index < -0.39 is 6.09 Å². The number of hydrogen-bond donors (Lipinski definition) is 1. The Kier molecular flexibility index (Phi) is 4.42. The van der Waals surface area contributed by atoms with E-state index in [4.69, 9.17) is 9.84 Å². The normalized spacial score (nSPS) is 28.6. The van der Waals surface area contributed by atoms with Crippen LogP contribution in [-0.2, 0) is 4.74 Å². The maximum Gasteiger partial charge on any atom is 0.408 e. The maximum absolute atomic E-state index is 11.0. The molecule has 1 amide bonds. The van der Waals surface area contributed by atoms with Crippen LogP contribution in [0.2, 0.25) is 0 Å². The average molecular weight is 267 g/mol. The van der Waals surface area contributed by atoms with Crippen molar-refractivity contribution in [3.63, 3.8) is 0 Å². The Bertz CT molecular complexity index is 383. The molecular weight excluding hydrogens is 246 g/mol.